The van der Waals surface area contributed by atoms with E-state index in [2.05, 4.69) is 27.3 Å². The third-order valence-electron chi connectivity index (χ3n) is 1.83. The normalized spacial score (nSPS) is 11.5. The summed E-state index contributed by atoms with van der Waals surface area (Å²) in [6.07, 6.45) is 0.870. The van der Waals surface area contributed by atoms with Gasteiger partial charge in [-0.1, -0.05) is 52.9 Å². The second kappa shape index (κ2) is 6.44. The fourth-order valence-corrected chi connectivity index (χ4v) is 2.71. The van der Waals surface area contributed by atoms with E-state index in [0.29, 0.717) is 6.54 Å². The average molecular weight is 339 g/mol. The van der Waals surface area contributed by atoms with Crippen LogP contribution in [-0.4, -0.2) is 19.4 Å². The number of halogens is 1. The minimum atomic E-state index is -3.16. The van der Waals surface area contributed by atoms with Crippen LogP contribution in [0.5, 0.6) is 0 Å². The predicted octanol–water partition coefficient (Wildman–Crippen LogP) is 1.93. The summed E-state index contributed by atoms with van der Waals surface area (Å²) in [6.45, 7) is 0.526. The summed E-state index contributed by atoms with van der Waals surface area (Å²) in [7, 11) is -3.16. The molecule has 1 aromatic carbocycles. The first-order valence-electron chi connectivity index (χ1n) is 4.71. The standard InChI is InChI=1S/C10H14INO2S/c11-7-4-8-12-15(13,14)9-10-5-2-1-3-6-10/h1-3,5-6,12H,4,7-9H2. The Morgan fingerprint density at radius 1 is 1.20 bits per heavy atom. The highest BCUT2D eigenvalue weighted by molar-refractivity contribution is 14.1. The number of benzene rings is 1. The molecule has 0 radical (unpaired) electrons. The Hall–Kier alpha value is -0.140. The van der Waals surface area contributed by atoms with Crippen LogP contribution >= 0.6 is 22.6 Å². The quantitative estimate of drug-likeness (QED) is 0.489. The molecule has 0 heterocycles. The van der Waals surface area contributed by atoms with E-state index < -0.39 is 10.0 Å². The van der Waals surface area contributed by atoms with E-state index >= 15 is 0 Å². The van der Waals surface area contributed by atoms with Crippen molar-refractivity contribution >= 4 is 32.6 Å². The van der Waals surface area contributed by atoms with Gasteiger partial charge in [-0.25, -0.2) is 13.1 Å². The van der Waals surface area contributed by atoms with Gasteiger partial charge in [-0.15, -0.1) is 0 Å². The van der Waals surface area contributed by atoms with Crippen molar-refractivity contribution < 1.29 is 8.42 Å². The van der Waals surface area contributed by atoms with Gasteiger partial charge in [0.1, 0.15) is 0 Å². The van der Waals surface area contributed by atoms with Crippen molar-refractivity contribution in [3.8, 4) is 0 Å². The highest BCUT2D eigenvalue weighted by Gasteiger charge is 2.09. The SMILES string of the molecule is O=S(=O)(Cc1ccccc1)NCCCI. The molecular weight excluding hydrogens is 325 g/mol. The van der Waals surface area contributed by atoms with Gasteiger partial charge in [-0.3, -0.25) is 0 Å². The van der Waals surface area contributed by atoms with E-state index in [1.54, 1.807) is 0 Å². The molecule has 84 valence electrons. The van der Waals surface area contributed by atoms with Crippen molar-refractivity contribution in [2.24, 2.45) is 0 Å². The number of hydrogen-bond acceptors (Lipinski definition) is 2. The summed E-state index contributed by atoms with van der Waals surface area (Å²) in [4.78, 5) is 0. The monoisotopic (exact) mass is 339 g/mol. The van der Waals surface area contributed by atoms with E-state index in [-0.39, 0.29) is 5.75 Å². The van der Waals surface area contributed by atoms with Crippen LogP contribution in [0.3, 0.4) is 0 Å². The summed E-state index contributed by atoms with van der Waals surface area (Å²) in [5.74, 6) is 0.0646. The first-order valence-corrected chi connectivity index (χ1v) is 7.89. The molecule has 1 N–H and O–H groups in total. The van der Waals surface area contributed by atoms with Gasteiger partial charge in [0.2, 0.25) is 10.0 Å². The Balaban J connectivity index is 2.50. The minimum absolute atomic E-state index is 0.0646. The molecule has 5 heteroatoms. The molecule has 0 fully saturated rings. The maximum absolute atomic E-state index is 11.6. The highest BCUT2D eigenvalue weighted by Crippen LogP contribution is 2.03. The van der Waals surface area contributed by atoms with Crippen LogP contribution in [0.25, 0.3) is 0 Å². The van der Waals surface area contributed by atoms with Crippen molar-refractivity contribution in [1.82, 2.24) is 4.72 Å². The third kappa shape index (κ3) is 5.48. The zero-order valence-corrected chi connectivity index (χ0v) is 11.3. The van der Waals surface area contributed by atoms with Gasteiger partial charge < -0.3 is 0 Å². The van der Waals surface area contributed by atoms with Crippen molar-refractivity contribution in [2.75, 3.05) is 11.0 Å². The topological polar surface area (TPSA) is 46.2 Å². The molecule has 0 aliphatic heterocycles. The van der Waals surface area contributed by atoms with Gasteiger partial charge in [0, 0.05) is 11.0 Å². The van der Waals surface area contributed by atoms with E-state index in [1.165, 1.54) is 0 Å². The van der Waals surface area contributed by atoms with E-state index in [9.17, 15) is 8.42 Å². The lowest BCUT2D eigenvalue weighted by molar-refractivity contribution is 0.580. The fraction of sp³-hybridized carbons (Fsp3) is 0.400. The average Bonchev–Trinajstić information content (AvgIpc) is 2.18. The minimum Gasteiger partial charge on any atom is -0.215 e. The number of nitrogens with one attached hydrogen (secondary N) is 1. The number of alkyl halides is 1. The van der Waals surface area contributed by atoms with Crippen LogP contribution in [0.4, 0.5) is 0 Å². The second-order valence-corrected chi connectivity index (χ2v) is 6.07. The van der Waals surface area contributed by atoms with Gasteiger partial charge in [0.25, 0.3) is 0 Å². The Kier molecular flexibility index (Phi) is 5.55. The molecule has 0 aliphatic carbocycles. The molecule has 1 aromatic rings. The molecule has 0 aromatic heterocycles. The van der Waals surface area contributed by atoms with Crippen molar-refractivity contribution in [3.63, 3.8) is 0 Å². The van der Waals surface area contributed by atoms with Gasteiger partial charge in [-0.05, 0) is 12.0 Å². The van der Waals surface area contributed by atoms with E-state index in [4.69, 9.17) is 0 Å². The lowest BCUT2D eigenvalue weighted by atomic mass is 10.2. The van der Waals surface area contributed by atoms with Gasteiger partial charge in [0.15, 0.2) is 0 Å². The highest BCUT2D eigenvalue weighted by atomic mass is 127. The van der Waals surface area contributed by atoms with E-state index in [0.717, 1.165) is 16.4 Å². The maximum atomic E-state index is 11.6. The molecule has 3 nitrogen and oxygen atoms in total. The molecule has 0 aliphatic rings. The van der Waals surface area contributed by atoms with Gasteiger partial charge in [-0.2, -0.15) is 0 Å². The van der Waals surface area contributed by atoms with Crippen LogP contribution < -0.4 is 4.72 Å². The molecule has 0 spiro atoms. The Morgan fingerprint density at radius 3 is 2.47 bits per heavy atom. The molecule has 15 heavy (non-hydrogen) atoms. The molecular formula is C10H14INO2S. The molecule has 0 bridgehead atoms. The van der Waals surface area contributed by atoms with Crippen LogP contribution in [0.15, 0.2) is 30.3 Å². The lowest BCUT2D eigenvalue weighted by Crippen LogP contribution is -2.26. The summed E-state index contributed by atoms with van der Waals surface area (Å²) in [5.41, 5.74) is 0.819. The third-order valence-corrected chi connectivity index (χ3v) is 3.95. The summed E-state index contributed by atoms with van der Waals surface area (Å²) in [6, 6.07) is 9.19. The molecule has 1 rings (SSSR count). The lowest BCUT2D eigenvalue weighted by Gasteiger charge is -2.05. The zero-order valence-electron chi connectivity index (χ0n) is 8.32. The van der Waals surface area contributed by atoms with Crippen LogP contribution in [0, 0.1) is 0 Å². The van der Waals surface area contributed by atoms with Crippen LogP contribution in [0.2, 0.25) is 0 Å². The summed E-state index contributed by atoms with van der Waals surface area (Å²) >= 11 is 2.23. The second-order valence-electron chi connectivity index (χ2n) is 3.18. The molecule has 0 atom stereocenters. The number of sulfonamides is 1. The van der Waals surface area contributed by atoms with Gasteiger partial charge >= 0.3 is 0 Å². The maximum Gasteiger partial charge on any atom is 0.215 e. The van der Waals surface area contributed by atoms with Crippen molar-refractivity contribution in [1.29, 1.82) is 0 Å². The fourth-order valence-electron chi connectivity index (χ4n) is 1.14. The molecule has 0 amide bonds. The largest absolute Gasteiger partial charge is 0.215 e. The first kappa shape index (κ1) is 12.9. The van der Waals surface area contributed by atoms with E-state index in [1.807, 2.05) is 30.3 Å². The molecule has 0 unspecified atom stereocenters. The predicted molar refractivity (Wildman–Crippen MR) is 70.6 cm³/mol. The smallest absolute Gasteiger partial charge is 0.215 e. The Bertz CT molecular complexity index is 378. The van der Waals surface area contributed by atoms with Crippen LogP contribution in [-0.2, 0) is 15.8 Å². The summed E-state index contributed by atoms with van der Waals surface area (Å²) < 4.78 is 26.7. The summed E-state index contributed by atoms with van der Waals surface area (Å²) in [5, 5.41) is 0. The molecule has 0 saturated carbocycles. The number of hydrogen-bond donors (Lipinski definition) is 1. The van der Waals surface area contributed by atoms with Crippen molar-refractivity contribution in [3.05, 3.63) is 35.9 Å². The number of rotatable bonds is 6. The zero-order chi connectivity index (χ0) is 11.1. The first-order chi connectivity index (χ1) is 7.14. The van der Waals surface area contributed by atoms with Crippen molar-refractivity contribution in [2.45, 2.75) is 12.2 Å². The van der Waals surface area contributed by atoms with Gasteiger partial charge in [0.05, 0.1) is 5.75 Å². The Morgan fingerprint density at radius 2 is 1.87 bits per heavy atom. The van der Waals surface area contributed by atoms with Crippen LogP contribution in [0.1, 0.15) is 12.0 Å². The Labute approximate surface area is 104 Å². The molecule has 0 saturated heterocycles.